The van der Waals surface area contributed by atoms with Crippen LogP contribution >= 0.6 is 0 Å². The van der Waals surface area contributed by atoms with Crippen LogP contribution < -0.4 is 20.4 Å². The van der Waals surface area contributed by atoms with Gasteiger partial charge < -0.3 is 20.4 Å². The van der Waals surface area contributed by atoms with Gasteiger partial charge in [-0.05, 0) is 61.7 Å². The number of carbonyl (C=O) groups excluding carboxylic acids is 2. The number of hydrogen-bond acceptors (Lipinski definition) is 4. The van der Waals surface area contributed by atoms with E-state index in [4.69, 9.17) is 0 Å². The molecule has 0 radical (unpaired) electrons. The predicted octanol–water partition coefficient (Wildman–Crippen LogP) is 3.32. The molecular weight excluding hydrogens is 340 g/mol. The molecule has 6 nitrogen and oxygen atoms in total. The first-order chi connectivity index (χ1) is 13.1. The standard InChI is InChI=1S/C21H24N4O2/c1-24-14-20(26)23-18-13-15(5-10-19(18)24)21(27)22-16-6-8-17(9-7-16)25-11-3-2-4-12-25/h5-10,13H,2-4,11-12,14H2,1H3,(H,22,27)(H,23,26). The highest BCUT2D eigenvalue weighted by Crippen LogP contribution is 2.29. The lowest BCUT2D eigenvalue weighted by atomic mass is 10.1. The number of likely N-dealkylation sites (N-methyl/N-ethyl adjacent to an activating group) is 1. The van der Waals surface area contributed by atoms with Crippen LogP contribution in [0.4, 0.5) is 22.7 Å². The topological polar surface area (TPSA) is 64.7 Å². The molecule has 27 heavy (non-hydrogen) atoms. The van der Waals surface area contributed by atoms with Crippen LogP contribution in [0.15, 0.2) is 42.5 Å². The van der Waals surface area contributed by atoms with Crippen LogP contribution in [-0.2, 0) is 4.79 Å². The first-order valence-corrected chi connectivity index (χ1v) is 9.41. The number of amides is 2. The molecular formula is C21H24N4O2. The number of carbonyl (C=O) groups is 2. The lowest BCUT2D eigenvalue weighted by molar-refractivity contribution is -0.115. The minimum Gasteiger partial charge on any atom is -0.372 e. The lowest BCUT2D eigenvalue weighted by Crippen LogP contribution is -2.35. The lowest BCUT2D eigenvalue weighted by Gasteiger charge is -2.29. The van der Waals surface area contributed by atoms with E-state index in [0.717, 1.165) is 24.5 Å². The van der Waals surface area contributed by atoms with E-state index in [1.807, 2.05) is 30.1 Å². The molecule has 2 heterocycles. The fourth-order valence-electron chi connectivity index (χ4n) is 3.71. The second-order valence-corrected chi connectivity index (χ2v) is 7.18. The zero-order valence-electron chi connectivity index (χ0n) is 15.5. The van der Waals surface area contributed by atoms with Gasteiger partial charge in [0.1, 0.15) is 0 Å². The molecule has 4 rings (SSSR count). The van der Waals surface area contributed by atoms with E-state index in [1.165, 1.54) is 24.9 Å². The Hall–Kier alpha value is -3.02. The second-order valence-electron chi connectivity index (χ2n) is 7.18. The molecule has 0 aliphatic carbocycles. The molecule has 0 spiro atoms. The van der Waals surface area contributed by atoms with Crippen LogP contribution in [0.2, 0.25) is 0 Å². The van der Waals surface area contributed by atoms with Crippen molar-refractivity contribution < 1.29 is 9.59 Å². The van der Waals surface area contributed by atoms with Crippen molar-refractivity contribution in [2.24, 2.45) is 0 Å². The van der Waals surface area contributed by atoms with Gasteiger partial charge in [-0.25, -0.2) is 0 Å². The van der Waals surface area contributed by atoms with Gasteiger partial charge in [0, 0.05) is 37.1 Å². The van der Waals surface area contributed by atoms with Crippen LogP contribution in [0.5, 0.6) is 0 Å². The number of piperidine rings is 1. The van der Waals surface area contributed by atoms with Gasteiger partial charge in [-0.1, -0.05) is 0 Å². The molecule has 0 bridgehead atoms. The van der Waals surface area contributed by atoms with Crippen molar-refractivity contribution in [3.8, 4) is 0 Å². The summed E-state index contributed by atoms with van der Waals surface area (Å²) in [5.41, 5.74) is 4.07. The molecule has 1 saturated heterocycles. The third-order valence-corrected chi connectivity index (χ3v) is 5.17. The summed E-state index contributed by atoms with van der Waals surface area (Å²) in [5, 5.41) is 5.76. The zero-order valence-corrected chi connectivity index (χ0v) is 15.5. The summed E-state index contributed by atoms with van der Waals surface area (Å²) >= 11 is 0. The monoisotopic (exact) mass is 364 g/mol. The SMILES string of the molecule is CN1CC(=O)Nc2cc(C(=O)Nc3ccc(N4CCCCC4)cc3)ccc21. The van der Waals surface area contributed by atoms with Gasteiger partial charge >= 0.3 is 0 Å². The van der Waals surface area contributed by atoms with Gasteiger partial charge in [-0.2, -0.15) is 0 Å². The quantitative estimate of drug-likeness (QED) is 0.877. The van der Waals surface area contributed by atoms with Crippen molar-refractivity contribution in [1.29, 1.82) is 0 Å². The maximum atomic E-state index is 12.6. The molecule has 6 heteroatoms. The summed E-state index contributed by atoms with van der Waals surface area (Å²) in [6.07, 6.45) is 3.78. The first kappa shape index (κ1) is 17.4. The van der Waals surface area contributed by atoms with Gasteiger partial charge in [-0.15, -0.1) is 0 Å². The maximum absolute atomic E-state index is 12.6. The molecule has 2 aromatic rings. The summed E-state index contributed by atoms with van der Waals surface area (Å²) in [5.74, 6) is -0.262. The van der Waals surface area contributed by atoms with Crippen molar-refractivity contribution in [2.75, 3.05) is 47.1 Å². The Kier molecular flexibility index (Phi) is 4.71. The fraction of sp³-hybridized carbons (Fsp3) is 0.333. The third kappa shape index (κ3) is 3.74. The summed E-state index contributed by atoms with van der Waals surface area (Å²) in [6, 6.07) is 13.4. The van der Waals surface area contributed by atoms with Crippen LogP contribution in [0, 0.1) is 0 Å². The molecule has 0 unspecified atom stereocenters. The average molecular weight is 364 g/mol. The van der Waals surface area contributed by atoms with Crippen molar-refractivity contribution >= 4 is 34.6 Å². The molecule has 2 aliphatic rings. The van der Waals surface area contributed by atoms with E-state index in [0.29, 0.717) is 17.8 Å². The second kappa shape index (κ2) is 7.31. The Morgan fingerprint density at radius 3 is 2.52 bits per heavy atom. The molecule has 1 fully saturated rings. The minimum atomic E-state index is -0.189. The fourth-order valence-corrected chi connectivity index (χ4v) is 3.71. The zero-order chi connectivity index (χ0) is 18.8. The van der Waals surface area contributed by atoms with E-state index < -0.39 is 0 Å². The average Bonchev–Trinajstić information content (AvgIpc) is 2.68. The number of nitrogens with one attached hydrogen (secondary N) is 2. The van der Waals surface area contributed by atoms with Crippen LogP contribution in [0.25, 0.3) is 0 Å². The summed E-state index contributed by atoms with van der Waals surface area (Å²) in [6.45, 7) is 2.52. The molecule has 2 aromatic carbocycles. The molecule has 2 aliphatic heterocycles. The van der Waals surface area contributed by atoms with Gasteiger partial charge in [-0.3, -0.25) is 9.59 Å². The Balaban J connectivity index is 1.46. The number of rotatable bonds is 3. The van der Waals surface area contributed by atoms with Crippen molar-refractivity contribution in [3.63, 3.8) is 0 Å². The van der Waals surface area contributed by atoms with Gasteiger partial charge in [0.25, 0.3) is 5.91 Å². The molecule has 0 aromatic heterocycles. The smallest absolute Gasteiger partial charge is 0.255 e. The first-order valence-electron chi connectivity index (χ1n) is 9.41. The van der Waals surface area contributed by atoms with Gasteiger partial charge in [0.2, 0.25) is 5.91 Å². The largest absolute Gasteiger partial charge is 0.372 e. The molecule has 140 valence electrons. The van der Waals surface area contributed by atoms with Gasteiger partial charge in [0.15, 0.2) is 0 Å². The van der Waals surface area contributed by atoms with Crippen LogP contribution in [0.1, 0.15) is 29.6 Å². The van der Waals surface area contributed by atoms with Crippen LogP contribution in [0.3, 0.4) is 0 Å². The van der Waals surface area contributed by atoms with E-state index in [9.17, 15) is 9.59 Å². The van der Waals surface area contributed by atoms with Crippen molar-refractivity contribution in [2.45, 2.75) is 19.3 Å². The predicted molar refractivity (Wildman–Crippen MR) is 109 cm³/mol. The van der Waals surface area contributed by atoms with E-state index in [-0.39, 0.29) is 11.8 Å². The molecule has 2 N–H and O–H groups in total. The highest BCUT2D eigenvalue weighted by Gasteiger charge is 2.20. The van der Waals surface area contributed by atoms with Gasteiger partial charge in [0.05, 0.1) is 17.9 Å². The Morgan fingerprint density at radius 2 is 1.78 bits per heavy atom. The number of hydrogen-bond donors (Lipinski definition) is 2. The van der Waals surface area contributed by atoms with Crippen molar-refractivity contribution in [1.82, 2.24) is 0 Å². The minimum absolute atomic E-state index is 0.0733. The van der Waals surface area contributed by atoms with Crippen molar-refractivity contribution in [3.05, 3.63) is 48.0 Å². The van der Waals surface area contributed by atoms with E-state index in [1.54, 1.807) is 12.1 Å². The van der Waals surface area contributed by atoms with Crippen LogP contribution in [-0.4, -0.2) is 38.5 Å². The number of fused-ring (bicyclic) bond motifs is 1. The Labute approximate surface area is 159 Å². The summed E-state index contributed by atoms with van der Waals surface area (Å²) < 4.78 is 0. The number of anilines is 4. The molecule has 0 atom stereocenters. The summed E-state index contributed by atoms with van der Waals surface area (Å²) in [4.78, 5) is 28.6. The third-order valence-electron chi connectivity index (χ3n) is 5.17. The number of nitrogens with zero attached hydrogens (tertiary/aromatic N) is 2. The van der Waals surface area contributed by atoms with E-state index in [2.05, 4.69) is 27.7 Å². The Bertz CT molecular complexity index is 857. The summed E-state index contributed by atoms with van der Waals surface area (Å²) in [7, 11) is 1.86. The normalized spacial score (nSPS) is 16.6. The highest BCUT2D eigenvalue weighted by atomic mass is 16.2. The number of benzene rings is 2. The Morgan fingerprint density at radius 1 is 1.04 bits per heavy atom. The van der Waals surface area contributed by atoms with E-state index >= 15 is 0 Å². The highest BCUT2D eigenvalue weighted by molar-refractivity contribution is 6.07. The molecule has 0 saturated carbocycles. The molecule has 2 amide bonds. The maximum Gasteiger partial charge on any atom is 0.255 e.